The summed E-state index contributed by atoms with van der Waals surface area (Å²) in [6.45, 7) is 6.52. The molecule has 0 aliphatic carbocycles. The normalized spacial score (nSPS) is 26.3. The minimum Gasteiger partial charge on any atom is -0.404 e. The molecule has 0 aromatic carbocycles. The summed E-state index contributed by atoms with van der Waals surface area (Å²) in [5, 5.41) is 0. The van der Waals surface area contributed by atoms with Gasteiger partial charge in [0, 0.05) is 44.7 Å². The Bertz CT molecular complexity index is 247. The molecule has 0 aromatic heterocycles. The Hall–Kier alpha value is -0.870. The molecule has 1 heterocycles. The smallest absolute Gasteiger partial charge is 0.0504 e. The Labute approximate surface area is 92.4 Å². The minimum atomic E-state index is 0.391. The van der Waals surface area contributed by atoms with Gasteiger partial charge in [0.1, 0.15) is 0 Å². The molecule has 0 amide bonds. The standard InChI is InChI=1S/C11H22N4/c1-4-15-6-5-14(3)9-11(15)10(7-12)8-13-2/h7-8,11H,4-6,9,12H2,1-3H3/b10-7+,13-8?. The molecular formula is C11H22N4. The van der Waals surface area contributed by atoms with E-state index in [0.29, 0.717) is 6.04 Å². The average molecular weight is 210 g/mol. The van der Waals surface area contributed by atoms with Crippen molar-refractivity contribution in [2.45, 2.75) is 13.0 Å². The largest absolute Gasteiger partial charge is 0.404 e. The third-order valence-corrected chi connectivity index (χ3v) is 2.96. The van der Waals surface area contributed by atoms with E-state index in [9.17, 15) is 0 Å². The van der Waals surface area contributed by atoms with Crippen molar-refractivity contribution in [2.24, 2.45) is 10.7 Å². The molecule has 1 aliphatic rings. The molecule has 1 unspecified atom stereocenters. The van der Waals surface area contributed by atoms with E-state index >= 15 is 0 Å². The van der Waals surface area contributed by atoms with Gasteiger partial charge in [-0.15, -0.1) is 0 Å². The summed E-state index contributed by atoms with van der Waals surface area (Å²) in [6, 6.07) is 0.391. The molecule has 0 saturated carbocycles. The molecule has 1 saturated heterocycles. The third-order valence-electron chi connectivity index (χ3n) is 2.96. The molecule has 0 aromatic rings. The molecule has 86 valence electrons. The van der Waals surface area contributed by atoms with Crippen molar-refractivity contribution in [3.05, 3.63) is 11.8 Å². The molecule has 2 N–H and O–H groups in total. The highest BCUT2D eigenvalue weighted by Gasteiger charge is 2.25. The Morgan fingerprint density at radius 3 is 2.80 bits per heavy atom. The average Bonchev–Trinajstić information content (AvgIpc) is 2.26. The number of nitrogens with zero attached hydrogens (tertiary/aromatic N) is 3. The van der Waals surface area contributed by atoms with Crippen LogP contribution in [0, 0.1) is 0 Å². The van der Waals surface area contributed by atoms with E-state index in [4.69, 9.17) is 5.73 Å². The quantitative estimate of drug-likeness (QED) is 0.675. The number of nitrogens with two attached hydrogens (primary N) is 1. The van der Waals surface area contributed by atoms with Crippen molar-refractivity contribution in [3.8, 4) is 0 Å². The molecule has 15 heavy (non-hydrogen) atoms. The van der Waals surface area contributed by atoms with E-state index in [1.165, 1.54) is 0 Å². The zero-order valence-electron chi connectivity index (χ0n) is 9.98. The van der Waals surface area contributed by atoms with Gasteiger partial charge in [-0.05, 0) is 13.6 Å². The van der Waals surface area contributed by atoms with Gasteiger partial charge in [-0.1, -0.05) is 6.92 Å². The third kappa shape index (κ3) is 3.04. The van der Waals surface area contributed by atoms with Crippen LogP contribution in [0.15, 0.2) is 16.8 Å². The summed E-state index contributed by atoms with van der Waals surface area (Å²) in [5.74, 6) is 0. The van der Waals surface area contributed by atoms with Gasteiger partial charge in [0.2, 0.25) is 0 Å². The lowest BCUT2D eigenvalue weighted by Crippen LogP contribution is -2.52. The Morgan fingerprint density at radius 1 is 1.53 bits per heavy atom. The first kappa shape index (κ1) is 12.2. The number of piperazine rings is 1. The zero-order valence-corrected chi connectivity index (χ0v) is 9.98. The molecule has 0 radical (unpaired) electrons. The second kappa shape index (κ2) is 5.88. The Morgan fingerprint density at radius 2 is 2.27 bits per heavy atom. The van der Waals surface area contributed by atoms with Gasteiger partial charge in [-0.3, -0.25) is 9.89 Å². The predicted octanol–water partition coefficient (Wildman–Crippen LogP) is 0.166. The summed E-state index contributed by atoms with van der Waals surface area (Å²) >= 11 is 0. The van der Waals surface area contributed by atoms with Gasteiger partial charge >= 0.3 is 0 Å². The molecule has 0 spiro atoms. The minimum absolute atomic E-state index is 0.391. The summed E-state index contributed by atoms with van der Waals surface area (Å²) in [5.41, 5.74) is 6.77. The molecule has 4 heteroatoms. The highest BCUT2D eigenvalue weighted by Crippen LogP contribution is 2.14. The molecule has 0 bridgehead atoms. The molecular weight excluding hydrogens is 188 g/mol. The van der Waals surface area contributed by atoms with Gasteiger partial charge in [-0.2, -0.15) is 0 Å². The number of hydrogen-bond acceptors (Lipinski definition) is 4. The number of rotatable bonds is 3. The molecule has 4 nitrogen and oxygen atoms in total. The summed E-state index contributed by atoms with van der Waals surface area (Å²) in [6.07, 6.45) is 3.55. The van der Waals surface area contributed by atoms with Gasteiger partial charge in [0.05, 0.1) is 6.04 Å². The van der Waals surface area contributed by atoms with Gasteiger partial charge in [-0.25, -0.2) is 0 Å². The fourth-order valence-corrected chi connectivity index (χ4v) is 2.04. The number of likely N-dealkylation sites (N-methyl/N-ethyl adjacent to an activating group) is 2. The van der Waals surface area contributed by atoms with Crippen LogP contribution in [0.25, 0.3) is 0 Å². The lowest BCUT2D eigenvalue weighted by molar-refractivity contribution is 0.118. The Balaban J connectivity index is 2.77. The number of hydrogen-bond donors (Lipinski definition) is 1. The Kier molecular flexibility index (Phi) is 4.78. The van der Waals surface area contributed by atoms with Crippen LogP contribution in [-0.4, -0.2) is 62.3 Å². The van der Waals surface area contributed by atoms with Crippen molar-refractivity contribution >= 4 is 6.21 Å². The molecule has 1 rings (SSSR count). The maximum Gasteiger partial charge on any atom is 0.0504 e. The van der Waals surface area contributed by atoms with E-state index in [-0.39, 0.29) is 0 Å². The summed E-state index contributed by atoms with van der Waals surface area (Å²) < 4.78 is 0. The van der Waals surface area contributed by atoms with Gasteiger partial charge < -0.3 is 10.6 Å². The molecule has 1 aliphatic heterocycles. The maximum atomic E-state index is 5.65. The van der Waals surface area contributed by atoms with Crippen LogP contribution in [0.3, 0.4) is 0 Å². The van der Waals surface area contributed by atoms with Gasteiger partial charge in [0.25, 0.3) is 0 Å². The van der Waals surface area contributed by atoms with Crippen LogP contribution < -0.4 is 5.73 Å². The summed E-state index contributed by atoms with van der Waals surface area (Å²) in [4.78, 5) is 8.84. The van der Waals surface area contributed by atoms with E-state index in [1.54, 1.807) is 13.2 Å². The predicted molar refractivity (Wildman–Crippen MR) is 65.2 cm³/mol. The van der Waals surface area contributed by atoms with Crippen LogP contribution in [0.2, 0.25) is 0 Å². The lowest BCUT2D eigenvalue weighted by Gasteiger charge is -2.39. The SMILES string of the molecule is CCN1CCN(C)CC1/C(C=NC)=C/N. The van der Waals surface area contributed by atoms with Crippen LogP contribution in [-0.2, 0) is 0 Å². The van der Waals surface area contributed by atoms with Crippen molar-refractivity contribution in [3.63, 3.8) is 0 Å². The molecule has 1 fully saturated rings. The van der Waals surface area contributed by atoms with E-state index in [0.717, 1.165) is 31.8 Å². The zero-order chi connectivity index (χ0) is 11.3. The molecule has 1 atom stereocenters. The van der Waals surface area contributed by atoms with Crippen LogP contribution in [0.4, 0.5) is 0 Å². The maximum absolute atomic E-state index is 5.65. The summed E-state index contributed by atoms with van der Waals surface area (Å²) in [7, 11) is 3.93. The highest BCUT2D eigenvalue weighted by molar-refractivity contribution is 5.80. The van der Waals surface area contributed by atoms with E-state index in [2.05, 4.69) is 28.8 Å². The first-order valence-electron chi connectivity index (χ1n) is 5.49. The number of aliphatic imine (C=N–C) groups is 1. The van der Waals surface area contributed by atoms with Crippen molar-refractivity contribution < 1.29 is 0 Å². The van der Waals surface area contributed by atoms with Gasteiger partial charge in [0.15, 0.2) is 0 Å². The monoisotopic (exact) mass is 210 g/mol. The first-order chi connectivity index (χ1) is 7.22. The van der Waals surface area contributed by atoms with E-state index in [1.807, 2.05) is 6.21 Å². The topological polar surface area (TPSA) is 44.9 Å². The second-order valence-electron chi connectivity index (χ2n) is 3.96. The van der Waals surface area contributed by atoms with Crippen molar-refractivity contribution in [1.82, 2.24) is 9.80 Å². The van der Waals surface area contributed by atoms with Crippen molar-refractivity contribution in [1.29, 1.82) is 0 Å². The lowest BCUT2D eigenvalue weighted by atomic mass is 10.0. The fraction of sp³-hybridized carbons (Fsp3) is 0.727. The van der Waals surface area contributed by atoms with Crippen LogP contribution in [0.5, 0.6) is 0 Å². The van der Waals surface area contributed by atoms with E-state index < -0.39 is 0 Å². The first-order valence-corrected chi connectivity index (χ1v) is 5.49. The highest BCUT2D eigenvalue weighted by atomic mass is 15.3. The van der Waals surface area contributed by atoms with Crippen LogP contribution >= 0.6 is 0 Å². The fourth-order valence-electron chi connectivity index (χ4n) is 2.04. The van der Waals surface area contributed by atoms with Crippen LogP contribution in [0.1, 0.15) is 6.92 Å². The second-order valence-corrected chi connectivity index (χ2v) is 3.96. The van der Waals surface area contributed by atoms with Crippen molar-refractivity contribution in [2.75, 3.05) is 40.3 Å².